The molecule has 1 aliphatic rings. The molecule has 0 saturated heterocycles. The number of rotatable bonds is 4. The Balaban J connectivity index is 2.00. The summed E-state index contributed by atoms with van der Waals surface area (Å²) in [6, 6.07) is 8.00. The fourth-order valence-electron chi connectivity index (χ4n) is 2.78. The lowest BCUT2D eigenvalue weighted by Gasteiger charge is -2.21. The first-order valence-electron chi connectivity index (χ1n) is 6.15. The van der Waals surface area contributed by atoms with Crippen molar-refractivity contribution in [2.75, 3.05) is 6.61 Å². The van der Waals surface area contributed by atoms with Gasteiger partial charge in [-0.2, -0.15) is 0 Å². The number of aliphatic hydroxyl groups is 1. The van der Waals surface area contributed by atoms with Crippen LogP contribution < -0.4 is 0 Å². The first-order chi connectivity index (χ1) is 7.79. The Hall–Kier alpha value is -0.530. The number of benzene rings is 1. The minimum atomic E-state index is 0.303. The molecule has 1 saturated carbocycles. The Bertz CT molecular complexity index is 331. The average Bonchev–Trinajstić information content (AvgIpc) is 2.79. The van der Waals surface area contributed by atoms with Crippen molar-refractivity contribution >= 4 is 11.6 Å². The summed E-state index contributed by atoms with van der Waals surface area (Å²) >= 11 is 5.97. The molecule has 1 unspecified atom stereocenters. The van der Waals surface area contributed by atoms with Gasteiger partial charge in [0.05, 0.1) is 0 Å². The van der Waals surface area contributed by atoms with Crippen LogP contribution in [0.1, 0.15) is 31.2 Å². The molecule has 1 atom stereocenters. The van der Waals surface area contributed by atoms with Crippen LogP contribution in [-0.4, -0.2) is 11.7 Å². The summed E-state index contributed by atoms with van der Waals surface area (Å²) in [5.41, 5.74) is 1.25. The van der Waals surface area contributed by atoms with Gasteiger partial charge in [-0.25, -0.2) is 0 Å². The molecule has 0 radical (unpaired) electrons. The summed E-state index contributed by atoms with van der Waals surface area (Å²) in [6.45, 7) is 0.303. The molecule has 0 heterocycles. The van der Waals surface area contributed by atoms with Crippen molar-refractivity contribution < 1.29 is 5.11 Å². The lowest BCUT2D eigenvalue weighted by molar-refractivity contribution is 0.175. The third-order valence-electron chi connectivity index (χ3n) is 3.69. The quantitative estimate of drug-likeness (QED) is 0.849. The van der Waals surface area contributed by atoms with Crippen LogP contribution in [0.25, 0.3) is 0 Å². The number of hydrogen-bond donors (Lipinski definition) is 1. The van der Waals surface area contributed by atoms with Crippen molar-refractivity contribution in [1.29, 1.82) is 0 Å². The van der Waals surface area contributed by atoms with E-state index in [1.807, 2.05) is 18.2 Å². The van der Waals surface area contributed by atoms with Crippen LogP contribution in [0.4, 0.5) is 0 Å². The van der Waals surface area contributed by atoms with E-state index in [1.165, 1.54) is 31.2 Å². The van der Waals surface area contributed by atoms with Gasteiger partial charge in [0, 0.05) is 11.6 Å². The van der Waals surface area contributed by atoms with Gasteiger partial charge in [0.1, 0.15) is 0 Å². The lowest BCUT2D eigenvalue weighted by atomic mass is 9.86. The minimum Gasteiger partial charge on any atom is -0.396 e. The summed E-state index contributed by atoms with van der Waals surface area (Å²) in [5.74, 6) is 1.13. The van der Waals surface area contributed by atoms with Gasteiger partial charge in [-0.3, -0.25) is 0 Å². The largest absolute Gasteiger partial charge is 0.396 e. The molecule has 2 rings (SSSR count). The molecule has 0 bridgehead atoms. The van der Waals surface area contributed by atoms with Gasteiger partial charge >= 0.3 is 0 Å². The third kappa shape index (κ3) is 2.99. The van der Waals surface area contributed by atoms with E-state index in [2.05, 4.69) is 6.07 Å². The Morgan fingerprint density at radius 3 is 2.69 bits per heavy atom. The molecule has 0 amide bonds. The first-order valence-corrected chi connectivity index (χ1v) is 6.52. The zero-order chi connectivity index (χ0) is 11.4. The Kier molecular flexibility index (Phi) is 4.25. The molecule has 2 heteroatoms. The van der Waals surface area contributed by atoms with Gasteiger partial charge in [0.25, 0.3) is 0 Å². The van der Waals surface area contributed by atoms with Gasteiger partial charge in [-0.1, -0.05) is 49.4 Å². The van der Waals surface area contributed by atoms with E-state index in [9.17, 15) is 5.11 Å². The molecule has 1 N–H and O–H groups in total. The summed E-state index contributed by atoms with van der Waals surface area (Å²) in [7, 11) is 0. The van der Waals surface area contributed by atoms with E-state index in [4.69, 9.17) is 11.6 Å². The van der Waals surface area contributed by atoms with Gasteiger partial charge in [-0.15, -0.1) is 0 Å². The molecular formula is C14H19ClO. The van der Waals surface area contributed by atoms with Crippen LogP contribution in [0.15, 0.2) is 24.3 Å². The molecular weight excluding hydrogens is 220 g/mol. The molecule has 88 valence electrons. The summed E-state index contributed by atoms with van der Waals surface area (Å²) < 4.78 is 0. The van der Waals surface area contributed by atoms with E-state index >= 15 is 0 Å². The van der Waals surface area contributed by atoms with Crippen LogP contribution in [-0.2, 0) is 6.42 Å². The van der Waals surface area contributed by atoms with Crippen molar-refractivity contribution in [2.24, 2.45) is 11.8 Å². The summed E-state index contributed by atoms with van der Waals surface area (Å²) in [4.78, 5) is 0. The SMILES string of the molecule is OCC(Cc1cccc(Cl)c1)C1CCCC1. The van der Waals surface area contributed by atoms with E-state index < -0.39 is 0 Å². The maximum absolute atomic E-state index is 9.48. The molecule has 1 nitrogen and oxygen atoms in total. The van der Waals surface area contributed by atoms with E-state index in [0.717, 1.165) is 11.4 Å². The number of aliphatic hydroxyl groups excluding tert-OH is 1. The predicted molar refractivity (Wildman–Crippen MR) is 67.7 cm³/mol. The highest BCUT2D eigenvalue weighted by Crippen LogP contribution is 2.33. The van der Waals surface area contributed by atoms with Crippen LogP contribution >= 0.6 is 11.6 Å². The zero-order valence-electron chi connectivity index (χ0n) is 9.53. The Morgan fingerprint density at radius 1 is 1.31 bits per heavy atom. The second kappa shape index (κ2) is 5.70. The van der Waals surface area contributed by atoms with Crippen molar-refractivity contribution in [1.82, 2.24) is 0 Å². The molecule has 1 fully saturated rings. The molecule has 1 aliphatic carbocycles. The lowest BCUT2D eigenvalue weighted by Crippen LogP contribution is -2.18. The molecule has 16 heavy (non-hydrogen) atoms. The summed E-state index contributed by atoms with van der Waals surface area (Å²) in [5, 5.41) is 10.3. The molecule has 1 aromatic carbocycles. The maximum atomic E-state index is 9.48. The highest BCUT2D eigenvalue weighted by atomic mass is 35.5. The minimum absolute atomic E-state index is 0.303. The molecule has 0 spiro atoms. The van der Waals surface area contributed by atoms with Crippen LogP contribution in [0.3, 0.4) is 0 Å². The average molecular weight is 239 g/mol. The fraction of sp³-hybridized carbons (Fsp3) is 0.571. The van der Waals surface area contributed by atoms with Crippen molar-refractivity contribution in [2.45, 2.75) is 32.1 Å². The topological polar surface area (TPSA) is 20.2 Å². The Labute approximate surface area is 102 Å². The van der Waals surface area contributed by atoms with E-state index in [-0.39, 0.29) is 0 Å². The van der Waals surface area contributed by atoms with E-state index in [0.29, 0.717) is 18.4 Å². The van der Waals surface area contributed by atoms with Crippen molar-refractivity contribution in [3.05, 3.63) is 34.9 Å². The van der Waals surface area contributed by atoms with Crippen LogP contribution in [0.2, 0.25) is 5.02 Å². The molecule has 0 aromatic heterocycles. The van der Waals surface area contributed by atoms with E-state index in [1.54, 1.807) is 0 Å². The highest BCUT2D eigenvalue weighted by molar-refractivity contribution is 6.30. The third-order valence-corrected chi connectivity index (χ3v) is 3.92. The second-order valence-electron chi connectivity index (χ2n) is 4.82. The monoisotopic (exact) mass is 238 g/mol. The van der Waals surface area contributed by atoms with Crippen molar-refractivity contribution in [3.8, 4) is 0 Å². The zero-order valence-corrected chi connectivity index (χ0v) is 10.3. The first kappa shape index (κ1) is 11.9. The van der Waals surface area contributed by atoms with Crippen molar-refractivity contribution in [3.63, 3.8) is 0 Å². The molecule has 0 aliphatic heterocycles. The molecule has 1 aromatic rings. The Morgan fingerprint density at radius 2 is 2.06 bits per heavy atom. The summed E-state index contributed by atoms with van der Waals surface area (Å²) in [6.07, 6.45) is 6.19. The maximum Gasteiger partial charge on any atom is 0.0465 e. The van der Waals surface area contributed by atoms with Crippen LogP contribution in [0.5, 0.6) is 0 Å². The number of halogens is 1. The normalized spacial score (nSPS) is 18.9. The second-order valence-corrected chi connectivity index (χ2v) is 5.26. The number of hydrogen-bond acceptors (Lipinski definition) is 1. The highest BCUT2D eigenvalue weighted by Gasteiger charge is 2.24. The predicted octanol–water partition coefficient (Wildman–Crippen LogP) is 3.68. The van der Waals surface area contributed by atoms with Crippen LogP contribution in [0, 0.1) is 11.8 Å². The standard InChI is InChI=1S/C14H19ClO/c15-14-7-3-4-11(9-14)8-13(10-16)12-5-1-2-6-12/h3-4,7,9,12-13,16H,1-2,5-6,8,10H2. The smallest absolute Gasteiger partial charge is 0.0465 e. The van der Waals surface area contributed by atoms with Gasteiger partial charge in [-0.05, 0) is 36.0 Å². The fourth-order valence-corrected chi connectivity index (χ4v) is 2.99. The van der Waals surface area contributed by atoms with Gasteiger partial charge in [0.2, 0.25) is 0 Å². The van der Waals surface area contributed by atoms with Gasteiger partial charge in [0.15, 0.2) is 0 Å². The van der Waals surface area contributed by atoms with Gasteiger partial charge < -0.3 is 5.11 Å².